The summed E-state index contributed by atoms with van der Waals surface area (Å²) in [6, 6.07) is 0. The highest BCUT2D eigenvalue weighted by Crippen LogP contribution is 2.51. The first-order chi connectivity index (χ1) is 6.20. The van der Waals surface area contributed by atoms with E-state index in [0.717, 1.165) is 7.11 Å². The number of rotatable bonds is 4. The molecule has 6 heteroatoms. The zero-order valence-electron chi connectivity index (χ0n) is 9.10. The molecule has 0 bridgehead atoms. The van der Waals surface area contributed by atoms with Crippen LogP contribution in [0.2, 0.25) is 0 Å². The van der Waals surface area contributed by atoms with E-state index >= 15 is 0 Å². The second-order valence-electron chi connectivity index (χ2n) is 3.41. The Morgan fingerprint density at radius 2 is 1.93 bits per heavy atom. The predicted molar refractivity (Wildman–Crippen MR) is 52.6 cm³/mol. The normalized spacial score (nSPS) is 21.9. The van der Waals surface area contributed by atoms with E-state index in [1.807, 2.05) is 0 Å². The number of carbonyl (C=O) groups excluding carboxylic acids is 1. The Bertz CT molecular complexity index is 260. The average Bonchev–Trinajstić information content (AvgIpc) is 2.15. The lowest BCUT2D eigenvalue weighted by molar-refractivity contribution is -0.160. The molecule has 3 unspecified atom stereocenters. The smallest absolute Gasteiger partial charge is 0.338 e. The third kappa shape index (κ3) is 2.56. The molecule has 0 rings (SSSR count). The summed E-state index contributed by atoms with van der Waals surface area (Å²) in [5.41, 5.74) is -2.61. The topological polar surface area (TPSA) is 72.8 Å². The van der Waals surface area contributed by atoms with Gasteiger partial charge in [0.25, 0.3) is 0 Å². The van der Waals surface area contributed by atoms with Crippen molar-refractivity contribution in [3.05, 3.63) is 0 Å². The minimum Gasteiger partial charge on any atom is -0.467 e. The number of aliphatic hydroxyl groups is 1. The molecule has 0 amide bonds. The Morgan fingerprint density at radius 1 is 1.50 bits per heavy atom. The highest BCUT2D eigenvalue weighted by molar-refractivity contribution is 7.59. The van der Waals surface area contributed by atoms with Crippen LogP contribution in [0.4, 0.5) is 0 Å². The summed E-state index contributed by atoms with van der Waals surface area (Å²) in [6.07, 6.45) is 0. The monoisotopic (exact) mass is 224 g/mol. The van der Waals surface area contributed by atoms with Crippen LogP contribution >= 0.6 is 7.37 Å². The summed E-state index contributed by atoms with van der Waals surface area (Å²) in [5, 5.41) is 9.79. The van der Waals surface area contributed by atoms with E-state index < -0.39 is 24.6 Å². The van der Waals surface area contributed by atoms with E-state index in [1.165, 1.54) is 27.6 Å². The molecular formula is C8H17O5P. The number of carbonyl (C=O) groups is 1. The number of hydrogen-bond acceptors (Lipinski definition) is 5. The summed E-state index contributed by atoms with van der Waals surface area (Å²) in [4.78, 5) is 11.2. The molecule has 0 heterocycles. The Hall–Kier alpha value is -0.380. The lowest BCUT2D eigenvalue weighted by Crippen LogP contribution is -2.45. The maximum Gasteiger partial charge on any atom is 0.338 e. The Balaban J connectivity index is 4.93. The highest BCUT2D eigenvalue weighted by Gasteiger charge is 2.45. The first-order valence-electron chi connectivity index (χ1n) is 4.13. The van der Waals surface area contributed by atoms with Crippen molar-refractivity contribution in [1.29, 1.82) is 0 Å². The van der Waals surface area contributed by atoms with E-state index in [-0.39, 0.29) is 0 Å². The molecule has 0 aliphatic rings. The van der Waals surface area contributed by atoms with Gasteiger partial charge >= 0.3 is 5.97 Å². The number of methoxy groups -OCH3 is 1. The van der Waals surface area contributed by atoms with Gasteiger partial charge in [-0.3, -0.25) is 4.57 Å². The van der Waals surface area contributed by atoms with Gasteiger partial charge in [0.05, 0.1) is 12.8 Å². The van der Waals surface area contributed by atoms with Crippen LogP contribution in [-0.4, -0.2) is 43.2 Å². The molecule has 84 valence electrons. The van der Waals surface area contributed by atoms with Gasteiger partial charge in [-0.1, -0.05) is 6.92 Å². The molecular weight excluding hydrogens is 207 g/mol. The molecule has 0 saturated carbocycles. The van der Waals surface area contributed by atoms with Crippen molar-refractivity contribution in [2.75, 3.05) is 20.9 Å². The maximum atomic E-state index is 11.8. The molecule has 0 fully saturated rings. The maximum absolute atomic E-state index is 11.8. The van der Waals surface area contributed by atoms with Crippen LogP contribution in [0, 0.1) is 0 Å². The lowest BCUT2D eigenvalue weighted by Gasteiger charge is -2.30. The van der Waals surface area contributed by atoms with Gasteiger partial charge < -0.3 is 14.4 Å². The van der Waals surface area contributed by atoms with E-state index in [9.17, 15) is 14.5 Å². The van der Waals surface area contributed by atoms with E-state index in [1.54, 1.807) is 0 Å². The molecule has 0 radical (unpaired) electrons. The molecule has 0 spiro atoms. The molecule has 3 atom stereocenters. The SMILES string of the molecule is COC(=O)C(C)(O)C(C)P(C)(=O)OC. The van der Waals surface area contributed by atoms with Gasteiger partial charge in [0, 0.05) is 13.8 Å². The molecule has 0 aliphatic carbocycles. The van der Waals surface area contributed by atoms with Crippen LogP contribution in [0.15, 0.2) is 0 Å². The van der Waals surface area contributed by atoms with Gasteiger partial charge in [0.1, 0.15) is 0 Å². The fourth-order valence-corrected chi connectivity index (χ4v) is 2.33. The van der Waals surface area contributed by atoms with Crippen LogP contribution in [-0.2, 0) is 18.6 Å². The van der Waals surface area contributed by atoms with Crippen molar-refractivity contribution < 1.29 is 23.7 Å². The van der Waals surface area contributed by atoms with Crippen LogP contribution in [0.5, 0.6) is 0 Å². The molecule has 0 aromatic carbocycles. The molecule has 14 heavy (non-hydrogen) atoms. The summed E-state index contributed by atoms with van der Waals surface area (Å²) in [5.74, 6) is -0.816. The minimum atomic E-state index is -3.00. The molecule has 0 aromatic heterocycles. The zero-order valence-corrected chi connectivity index (χ0v) is 10.00. The molecule has 5 nitrogen and oxygen atoms in total. The molecule has 1 N–H and O–H groups in total. The van der Waals surface area contributed by atoms with Crippen molar-refractivity contribution in [3.63, 3.8) is 0 Å². The predicted octanol–water partition coefficient (Wildman–Crippen LogP) is 0.853. The molecule has 0 aliphatic heterocycles. The summed E-state index contributed by atoms with van der Waals surface area (Å²) in [7, 11) is -0.558. The van der Waals surface area contributed by atoms with Gasteiger partial charge in [-0.2, -0.15) is 0 Å². The number of hydrogen-bond donors (Lipinski definition) is 1. The average molecular weight is 224 g/mol. The van der Waals surface area contributed by atoms with E-state index in [2.05, 4.69) is 4.74 Å². The van der Waals surface area contributed by atoms with Crippen LogP contribution in [0.3, 0.4) is 0 Å². The number of esters is 1. The fraction of sp³-hybridized carbons (Fsp3) is 0.875. The third-order valence-electron chi connectivity index (χ3n) is 2.48. The fourth-order valence-electron chi connectivity index (χ4n) is 0.992. The lowest BCUT2D eigenvalue weighted by atomic mass is 10.0. The standard InChI is InChI=1S/C8H17O5P/c1-6(14(5,11)13-4)8(2,10)7(9)12-3/h6,10H,1-5H3. The van der Waals surface area contributed by atoms with Gasteiger partial charge in [0.15, 0.2) is 5.60 Å². The van der Waals surface area contributed by atoms with Crippen molar-refractivity contribution in [3.8, 4) is 0 Å². The second kappa shape index (κ2) is 4.43. The summed E-state index contributed by atoms with van der Waals surface area (Å²) >= 11 is 0. The molecule has 0 saturated heterocycles. The van der Waals surface area contributed by atoms with E-state index in [0.29, 0.717) is 0 Å². The summed E-state index contributed by atoms with van der Waals surface area (Å²) < 4.78 is 20.9. The first kappa shape index (κ1) is 13.6. The Labute approximate surface area is 83.9 Å². The van der Waals surface area contributed by atoms with Gasteiger partial charge in [0.2, 0.25) is 7.37 Å². The van der Waals surface area contributed by atoms with Crippen LogP contribution in [0.1, 0.15) is 13.8 Å². The van der Waals surface area contributed by atoms with E-state index in [4.69, 9.17) is 4.52 Å². The third-order valence-corrected chi connectivity index (χ3v) is 5.11. The Morgan fingerprint density at radius 3 is 2.21 bits per heavy atom. The van der Waals surface area contributed by atoms with Crippen LogP contribution in [0.25, 0.3) is 0 Å². The van der Waals surface area contributed by atoms with Gasteiger partial charge in [-0.15, -0.1) is 0 Å². The van der Waals surface area contributed by atoms with Crippen molar-refractivity contribution in [2.24, 2.45) is 0 Å². The highest BCUT2D eigenvalue weighted by atomic mass is 31.2. The molecule has 0 aromatic rings. The van der Waals surface area contributed by atoms with Crippen LogP contribution < -0.4 is 0 Å². The Kier molecular flexibility index (Phi) is 4.31. The zero-order chi connectivity index (χ0) is 11.6. The largest absolute Gasteiger partial charge is 0.467 e. The van der Waals surface area contributed by atoms with Crippen molar-refractivity contribution in [2.45, 2.75) is 25.1 Å². The van der Waals surface area contributed by atoms with Crippen molar-refractivity contribution in [1.82, 2.24) is 0 Å². The van der Waals surface area contributed by atoms with Gasteiger partial charge in [-0.25, -0.2) is 4.79 Å². The van der Waals surface area contributed by atoms with Gasteiger partial charge in [-0.05, 0) is 6.92 Å². The minimum absolute atomic E-state index is 0.813. The van der Waals surface area contributed by atoms with Crippen molar-refractivity contribution >= 4 is 13.3 Å². The second-order valence-corrected chi connectivity index (χ2v) is 6.36. The first-order valence-corrected chi connectivity index (χ1v) is 6.28. The quantitative estimate of drug-likeness (QED) is 0.566. The summed E-state index contributed by atoms with van der Waals surface area (Å²) in [6.45, 7) is 4.12. The number of ether oxygens (including phenoxy) is 1.